The third-order valence-electron chi connectivity index (χ3n) is 7.27. The number of carbonyl (C=O) groups excluding carboxylic acids is 3. The number of nitrogens with one attached hydrogen (secondary N) is 1. The van der Waals surface area contributed by atoms with Gasteiger partial charge in [0.25, 0.3) is 5.91 Å². The maximum absolute atomic E-state index is 13.2. The molecule has 1 N–H and O–H groups in total. The van der Waals surface area contributed by atoms with E-state index in [-0.39, 0.29) is 18.3 Å². The zero-order chi connectivity index (χ0) is 32.1. The van der Waals surface area contributed by atoms with Gasteiger partial charge in [-0.2, -0.15) is 11.3 Å². The van der Waals surface area contributed by atoms with Crippen LogP contribution in [0, 0.1) is 0 Å². The maximum atomic E-state index is 13.2. The van der Waals surface area contributed by atoms with Crippen molar-refractivity contribution in [1.82, 2.24) is 0 Å². The first-order valence-corrected chi connectivity index (χ1v) is 15.8. The maximum Gasteiger partial charge on any atom is 0.328 e. The summed E-state index contributed by atoms with van der Waals surface area (Å²) >= 11 is 1.58. The average molecular weight is 631 g/mol. The fraction of sp³-hybridized carbons (Fsp3) is 0.132. The van der Waals surface area contributed by atoms with E-state index >= 15 is 0 Å². The number of anilines is 2. The molecule has 0 radical (unpaired) electrons. The van der Waals surface area contributed by atoms with E-state index in [9.17, 15) is 14.4 Å². The fourth-order valence-corrected chi connectivity index (χ4v) is 5.52. The number of methoxy groups -OCH3 is 1. The second-order valence-corrected chi connectivity index (χ2v) is 11.2. The number of nitrogens with zero attached hydrogens (tertiary/aromatic N) is 1. The molecule has 5 aromatic rings. The van der Waals surface area contributed by atoms with Crippen LogP contribution < -0.4 is 15.0 Å². The van der Waals surface area contributed by atoms with Gasteiger partial charge in [-0.15, -0.1) is 0 Å². The number of carbonyl (C=O) groups is 3. The third-order valence-corrected chi connectivity index (χ3v) is 7.97. The van der Waals surface area contributed by atoms with Gasteiger partial charge >= 0.3 is 5.97 Å². The molecule has 4 aromatic carbocycles. The summed E-state index contributed by atoms with van der Waals surface area (Å²) in [6.07, 6.45) is 3.71. The van der Waals surface area contributed by atoms with Gasteiger partial charge in [-0.1, -0.05) is 72.8 Å². The first kappa shape index (κ1) is 31.9. The van der Waals surface area contributed by atoms with E-state index in [1.54, 1.807) is 52.6 Å². The zero-order valence-electron chi connectivity index (χ0n) is 25.4. The van der Waals surface area contributed by atoms with Gasteiger partial charge in [-0.05, 0) is 70.4 Å². The standard InChI is InChI=1S/C38H34N2O5S/c1-44-38(43)35(39-34-15-9-8-14-33(34)37(42)30-10-4-2-5-11-30)26-28-16-19-32(20-17-28)45-24-23-40(31-12-6-3-7-13-31)36(41)21-18-29-22-25-46-27-29/h2-22,25,27,35,39H,23-24,26H2,1H3. The topological polar surface area (TPSA) is 84.9 Å². The highest BCUT2D eigenvalue weighted by Gasteiger charge is 2.23. The molecule has 0 bridgehead atoms. The molecular formula is C38H34N2O5S. The van der Waals surface area contributed by atoms with E-state index in [4.69, 9.17) is 9.47 Å². The Hall–Kier alpha value is -5.47. The van der Waals surface area contributed by atoms with Crippen LogP contribution in [0.5, 0.6) is 5.75 Å². The minimum atomic E-state index is -0.728. The molecular weight excluding hydrogens is 596 g/mol. The van der Waals surface area contributed by atoms with Gasteiger partial charge in [-0.25, -0.2) is 4.79 Å². The molecule has 7 nitrogen and oxygen atoms in total. The molecule has 0 saturated carbocycles. The van der Waals surface area contributed by atoms with Crippen LogP contribution in [-0.4, -0.2) is 44.0 Å². The van der Waals surface area contributed by atoms with Gasteiger partial charge in [-0.3, -0.25) is 9.59 Å². The fourth-order valence-electron chi connectivity index (χ4n) is 4.89. The highest BCUT2D eigenvalue weighted by atomic mass is 32.1. The minimum Gasteiger partial charge on any atom is -0.492 e. The molecule has 0 aliphatic carbocycles. The number of benzene rings is 4. The Labute approximate surface area is 272 Å². The second-order valence-electron chi connectivity index (χ2n) is 10.4. The molecule has 5 rings (SSSR count). The summed E-state index contributed by atoms with van der Waals surface area (Å²) in [5.74, 6) is -0.0787. The van der Waals surface area contributed by atoms with Crippen molar-refractivity contribution in [3.63, 3.8) is 0 Å². The SMILES string of the molecule is COC(=O)C(Cc1ccc(OCCN(C(=O)C=Cc2ccsc2)c2ccccc2)cc1)Nc1ccccc1C(=O)c1ccccc1. The van der Waals surface area contributed by atoms with Crippen molar-refractivity contribution in [3.05, 3.63) is 154 Å². The van der Waals surface area contributed by atoms with Gasteiger partial charge in [0.1, 0.15) is 18.4 Å². The van der Waals surface area contributed by atoms with Gasteiger partial charge in [0.15, 0.2) is 5.78 Å². The number of hydrogen-bond donors (Lipinski definition) is 1. The summed E-state index contributed by atoms with van der Waals surface area (Å²) in [4.78, 5) is 40.8. The smallest absolute Gasteiger partial charge is 0.328 e. The van der Waals surface area contributed by atoms with Gasteiger partial charge in [0.2, 0.25) is 0 Å². The van der Waals surface area contributed by atoms with Crippen molar-refractivity contribution in [2.75, 3.05) is 30.5 Å². The number of ether oxygens (including phenoxy) is 2. The number of hydrogen-bond acceptors (Lipinski definition) is 7. The van der Waals surface area contributed by atoms with Crippen molar-refractivity contribution >= 4 is 46.4 Å². The van der Waals surface area contributed by atoms with E-state index in [2.05, 4.69) is 5.32 Å². The Morgan fingerprint density at radius 3 is 2.24 bits per heavy atom. The van der Waals surface area contributed by atoms with Crippen molar-refractivity contribution in [3.8, 4) is 5.75 Å². The van der Waals surface area contributed by atoms with Crippen LogP contribution in [-0.2, 0) is 20.7 Å². The molecule has 1 amide bonds. The van der Waals surface area contributed by atoms with Crippen LogP contribution in [0.3, 0.4) is 0 Å². The monoisotopic (exact) mass is 630 g/mol. The number of para-hydroxylation sites is 2. The summed E-state index contributed by atoms with van der Waals surface area (Å²) in [6.45, 7) is 0.638. The van der Waals surface area contributed by atoms with Crippen LogP contribution in [0.4, 0.5) is 11.4 Å². The van der Waals surface area contributed by atoms with Crippen molar-refractivity contribution in [1.29, 1.82) is 0 Å². The summed E-state index contributed by atoms with van der Waals surface area (Å²) in [7, 11) is 1.34. The summed E-state index contributed by atoms with van der Waals surface area (Å²) < 4.78 is 11.1. The molecule has 1 atom stereocenters. The summed E-state index contributed by atoms with van der Waals surface area (Å²) in [5, 5.41) is 7.19. The van der Waals surface area contributed by atoms with Gasteiger partial charge in [0.05, 0.1) is 13.7 Å². The van der Waals surface area contributed by atoms with E-state index < -0.39 is 12.0 Å². The highest BCUT2D eigenvalue weighted by molar-refractivity contribution is 7.08. The minimum absolute atomic E-state index is 0.134. The van der Waals surface area contributed by atoms with Gasteiger partial charge in [0, 0.05) is 35.0 Å². The van der Waals surface area contributed by atoms with Crippen LogP contribution in [0.2, 0.25) is 0 Å². The Morgan fingerprint density at radius 1 is 0.848 bits per heavy atom. The lowest BCUT2D eigenvalue weighted by molar-refractivity contribution is -0.141. The van der Waals surface area contributed by atoms with Gasteiger partial charge < -0.3 is 19.7 Å². The second kappa shape index (κ2) is 16.0. The first-order valence-electron chi connectivity index (χ1n) is 14.8. The lowest BCUT2D eigenvalue weighted by atomic mass is 10.00. The Kier molecular flexibility index (Phi) is 11.1. The molecule has 0 spiro atoms. The van der Waals surface area contributed by atoms with Crippen LogP contribution in [0.15, 0.2) is 132 Å². The first-order chi connectivity index (χ1) is 22.5. The Morgan fingerprint density at radius 2 is 1.54 bits per heavy atom. The molecule has 46 heavy (non-hydrogen) atoms. The molecule has 0 fully saturated rings. The third kappa shape index (κ3) is 8.58. The van der Waals surface area contributed by atoms with Crippen LogP contribution >= 0.6 is 11.3 Å². The number of esters is 1. The van der Waals surface area contributed by atoms with Crippen molar-refractivity contribution < 1.29 is 23.9 Å². The average Bonchev–Trinajstić information content (AvgIpc) is 3.64. The Balaban J connectivity index is 1.22. The molecule has 8 heteroatoms. The molecule has 0 aliphatic heterocycles. The molecule has 1 unspecified atom stereocenters. The predicted octanol–water partition coefficient (Wildman–Crippen LogP) is 7.30. The molecule has 1 heterocycles. The zero-order valence-corrected chi connectivity index (χ0v) is 26.2. The van der Waals surface area contributed by atoms with E-state index in [1.807, 2.05) is 102 Å². The summed E-state index contributed by atoms with van der Waals surface area (Å²) in [6, 6.07) is 34.3. The van der Waals surface area contributed by atoms with Crippen molar-refractivity contribution in [2.45, 2.75) is 12.5 Å². The lowest BCUT2D eigenvalue weighted by Gasteiger charge is -2.22. The molecule has 1 aromatic heterocycles. The quantitative estimate of drug-likeness (QED) is 0.0788. The number of amides is 1. The summed E-state index contributed by atoms with van der Waals surface area (Å²) in [5.41, 5.74) is 4.23. The molecule has 0 aliphatic rings. The van der Waals surface area contributed by atoms with Crippen LogP contribution in [0.1, 0.15) is 27.0 Å². The van der Waals surface area contributed by atoms with E-state index in [0.29, 0.717) is 35.5 Å². The number of thiophene rings is 1. The lowest BCUT2D eigenvalue weighted by Crippen LogP contribution is -2.33. The van der Waals surface area contributed by atoms with Crippen LogP contribution in [0.25, 0.3) is 6.08 Å². The predicted molar refractivity (Wildman–Crippen MR) is 184 cm³/mol. The van der Waals surface area contributed by atoms with Crippen molar-refractivity contribution in [2.24, 2.45) is 0 Å². The normalized spacial score (nSPS) is 11.5. The van der Waals surface area contributed by atoms with E-state index in [1.165, 1.54) is 7.11 Å². The highest BCUT2D eigenvalue weighted by Crippen LogP contribution is 2.23. The number of ketones is 1. The number of rotatable bonds is 14. The largest absolute Gasteiger partial charge is 0.492 e. The molecule has 0 saturated heterocycles. The Bertz CT molecular complexity index is 1750. The molecule has 232 valence electrons. The van der Waals surface area contributed by atoms with E-state index in [0.717, 1.165) is 16.8 Å².